The number of ketones is 1. The maximum absolute atomic E-state index is 12.8. The van der Waals surface area contributed by atoms with Gasteiger partial charge < -0.3 is 9.80 Å². The topological polar surface area (TPSA) is 66.4 Å². The third-order valence-corrected chi connectivity index (χ3v) is 5.68. The minimum Gasteiger partial charge on any atom is -0.342 e. The molecule has 0 bridgehead atoms. The van der Waals surface area contributed by atoms with Crippen LogP contribution in [0.3, 0.4) is 0 Å². The lowest BCUT2D eigenvalue weighted by molar-refractivity contribution is -0.118. The summed E-state index contributed by atoms with van der Waals surface area (Å²) in [5.74, 6) is 0.981. The Balaban J connectivity index is 1.65. The molecule has 6 heteroatoms. The van der Waals surface area contributed by atoms with Crippen molar-refractivity contribution in [2.75, 3.05) is 31.1 Å². The summed E-state index contributed by atoms with van der Waals surface area (Å²) in [6.45, 7) is 6.77. The maximum atomic E-state index is 12.8. The van der Waals surface area contributed by atoms with E-state index in [1.165, 1.54) is 11.1 Å². The van der Waals surface area contributed by atoms with Crippen LogP contribution in [-0.2, 0) is 11.2 Å². The third-order valence-electron chi connectivity index (χ3n) is 5.68. The molecule has 1 fully saturated rings. The van der Waals surface area contributed by atoms with Gasteiger partial charge in [0.1, 0.15) is 0 Å². The SMILES string of the molecule is Cc1ccccc1[C@@H]1CC(=O)c2c(C)nc(N3CCN(C=O)CC3)nc2C1. The maximum Gasteiger partial charge on any atom is 0.225 e. The van der Waals surface area contributed by atoms with Crippen LogP contribution < -0.4 is 4.90 Å². The van der Waals surface area contributed by atoms with Gasteiger partial charge in [-0.2, -0.15) is 0 Å². The van der Waals surface area contributed by atoms with E-state index in [2.05, 4.69) is 28.9 Å². The number of amides is 1. The second kappa shape index (κ2) is 7.10. The molecule has 2 aromatic rings. The van der Waals surface area contributed by atoms with Gasteiger partial charge in [-0.15, -0.1) is 0 Å². The van der Waals surface area contributed by atoms with Crippen LogP contribution in [0, 0.1) is 13.8 Å². The fourth-order valence-corrected chi connectivity index (χ4v) is 4.19. The van der Waals surface area contributed by atoms with Crippen molar-refractivity contribution in [1.82, 2.24) is 14.9 Å². The molecule has 1 aromatic heterocycles. The Labute approximate surface area is 159 Å². The van der Waals surface area contributed by atoms with Crippen molar-refractivity contribution in [2.45, 2.75) is 32.6 Å². The largest absolute Gasteiger partial charge is 0.342 e. The summed E-state index contributed by atoms with van der Waals surface area (Å²) in [6, 6.07) is 8.27. The number of Topliss-reactive ketones (excluding diaryl/α,β-unsaturated/α-hetero) is 1. The van der Waals surface area contributed by atoms with Gasteiger partial charge >= 0.3 is 0 Å². The van der Waals surface area contributed by atoms with Gasteiger partial charge in [-0.05, 0) is 37.3 Å². The first-order chi connectivity index (χ1) is 13.1. The van der Waals surface area contributed by atoms with Crippen LogP contribution in [0.1, 0.15) is 45.2 Å². The van der Waals surface area contributed by atoms with E-state index >= 15 is 0 Å². The Kier molecular flexibility index (Phi) is 4.64. The Hall–Kier alpha value is -2.76. The van der Waals surface area contributed by atoms with E-state index in [0.717, 1.165) is 24.2 Å². The monoisotopic (exact) mass is 364 g/mol. The van der Waals surface area contributed by atoms with Crippen molar-refractivity contribution in [1.29, 1.82) is 0 Å². The second-order valence-electron chi connectivity index (χ2n) is 7.44. The van der Waals surface area contributed by atoms with E-state index in [1.54, 1.807) is 4.90 Å². The lowest BCUT2D eigenvalue weighted by atomic mass is 9.80. The molecule has 27 heavy (non-hydrogen) atoms. The van der Waals surface area contributed by atoms with Gasteiger partial charge in [-0.25, -0.2) is 9.97 Å². The van der Waals surface area contributed by atoms with Crippen molar-refractivity contribution in [3.8, 4) is 0 Å². The highest BCUT2D eigenvalue weighted by atomic mass is 16.1. The number of hydrogen-bond donors (Lipinski definition) is 0. The quantitative estimate of drug-likeness (QED) is 0.782. The van der Waals surface area contributed by atoms with Crippen LogP contribution >= 0.6 is 0 Å². The molecule has 1 aliphatic heterocycles. The van der Waals surface area contributed by atoms with E-state index in [1.807, 2.05) is 19.1 Å². The number of fused-ring (bicyclic) bond motifs is 1. The smallest absolute Gasteiger partial charge is 0.225 e. The minimum atomic E-state index is 0.138. The third kappa shape index (κ3) is 3.31. The molecule has 0 spiro atoms. The Morgan fingerprint density at radius 3 is 2.48 bits per heavy atom. The molecule has 1 saturated heterocycles. The first kappa shape index (κ1) is 17.6. The Morgan fingerprint density at radius 2 is 1.78 bits per heavy atom. The fraction of sp³-hybridized carbons (Fsp3) is 0.429. The summed E-state index contributed by atoms with van der Waals surface area (Å²) < 4.78 is 0. The Bertz CT molecular complexity index is 888. The summed E-state index contributed by atoms with van der Waals surface area (Å²) >= 11 is 0. The van der Waals surface area contributed by atoms with Crippen molar-refractivity contribution in [3.05, 3.63) is 52.3 Å². The fourth-order valence-electron chi connectivity index (χ4n) is 4.19. The van der Waals surface area contributed by atoms with E-state index in [0.29, 0.717) is 44.1 Å². The van der Waals surface area contributed by atoms with Gasteiger partial charge in [0.15, 0.2) is 5.78 Å². The molecule has 0 radical (unpaired) electrons. The number of anilines is 1. The van der Waals surface area contributed by atoms with Gasteiger partial charge in [0, 0.05) is 32.6 Å². The average molecular weight is 364 g/mol. The van der Waals surface area contributed by atoms with E-state index in [9.17, 15) is 9.59 Å². The minimum absolute atomic E-state index is 0.138. The summed E-state index contributed by atoms with van der Waals surface area (Å²) in [5, 5.41) is 0. The summed E-state index contributed by atoms with van der Waals surface area (Å²) in [7, 11) is 0. The zero-order valence-electron chi connectivity index (χ0n) is 15.8. The number of aryl methyl sites for hydroxylation is 2. The molecule has 0 saturated carbocycles. The van der Waals surface area contributed by atoms with Gasteiger partial charge in [0.05, 0.1) is 17.0 Å². The number of rotatable bonds is 3. The van der Waals surface area contributed by atoms with Crippen molar-refractivity contribution in [3.63, 3.8) is 0 Å². The highest BCUT2D eigenvalue weighted by Crippen LogP contribution is 2.35. The number of piperazine rings is 1. The van der Waals surface area contributed by atoms with Gasteiger partial charge in [-0.1, -0.05) is 24.3 Å². The van der Waals surface area contributed by atoms with Crippen LogP contribution in [0.4, 0.5) is 5.95 Å². The number of aromatic nitrogens is 2. The molecule has 1 aromatic carbocycles. The number of hydrogen-bond acceptors (Lipinski definition) is 5. The molecule has 1 aliphatic carbocycles. The highest BCUT2D eigenvalue weighted by Gasteiger charge is 2.31. The number of carbonyl (C=O) groups excluding carboxylic acids is 2. The van der Waals surface area contributed by atoms with Crippen molar-refractivity contribution < 1.29 is 9.59 Å². The summed E-state index contributed by atoms with van der Waals surface area (Å²) in [5.41, 5.74) is 4.78. The lowest BCUT2D eigenvalue weighted by Crippen LogP contribution is -2.46. The van der Waals surface area contributed by atoms with Gasteiger partial charge in [-0.3, -0.25) is 9.59 Å². The van der Waals surface area contributed by atoms with E-state index < -0.39 is 0 Å². The summed E-state index contributed by atoms with van der Waals surface area (Å²) in [4.78, 5) is 37.0. The predicted molar refractivity (Wildman–Crippen MR) is 103 cm³/mol. The molecule has 140 valence electrons. The highest BCUT2D eigenvalue weighted by molar-refractivity contribution is 5.99. The first-order valence-electron chi connectivity index (χ1n) is 9.47. The molecule has 4 rings (SSSR count). The van der Waals surface area contributed by atoms with Crippen LogP contribution in [0.15, 0.2) is 24.3 Å². The summed E-state index contributed by atoms with van der Waals surface area (Å²) in [6.07, 6.45) is 2.16. The Morgan fingerprint density at radius 1 is 1.04 bits per heavy atom. The van der Waals surface area contributed by atoms with E-state index in [-0.39, 0.29) is 11.7 Å². The number of nitrogens with zero attached hydrogens (tertiary/aromatic N) is 4. The van der Waals surface area contributed by atoms with Crippen LogP contribution in [0.5, 0.6) is 0 Å². The molecule has 2 aliphatic rings. The molecular formula is C21H24N4O2. The molecule has 2 heterocycles. The van der Waals surface area contributed by atoms with Gasteiger partial charge in [0.2, 0.25) is 12.4 Å². The zero-order chi connectivity index (χ0) is 19.0. The van der Waals surface area contributed by atoms with Gasteiger partial charge in [0.25, 0.3) is 0 Å². The molecule has 0 N–H and O–H groups in total. The normalized spacial score (nSPS) is 19.8. The van der Waals surface area contributed by atoms with Crippen molar-refractivity contribution >= 4 is 18.1 Å². The molecule has 1 atom stereocenters. The number of benzene rings is 1. The molecule has 1 amide bonds. The van der Waals surface area contributed by atoms with Crippen molar-refractivity contribution in [2.24, 2.45) is 0 Å². The first-order valence-corrected chi connectivity index (χ1v) is 9.47. The molecular weight excluding hydrogens is 340 g/mol. The lowest BCUT2D eigenvalue weighted by Gasteiger charge is -2.33. The predicted octanol–water partition coefficient (Wildman–Crippen LogP) is 2.28. The standard InChI is InChI=1S/C21H24N4O2/c1-14-5-3-4-6-17(14)16-11-18-20(19(27)12-16)15(2)22-21(23-18)25-9-7-24(13-26)8-10-25/h3-6,13,16H,7-12H2,1-2H3/t16-/m0/s1. The number of carbonyl (C=O) groups is 2. The zero-order valence-corrected chi connectivity index (χ0v) is 15.8. The molecule has 0 unspecified atom stereocenters. The van der Waals surface area contributed by atoms with E-state index in [4.69, 9.17) is 4.98 Å². The van der Waals surface area contributed by atoms with Crippen LogP contribution in [-0.4, -0.2) is 53.2 Å². The average Bonchev–Trinajstić information content (AvgIpc) is 2.67. The van der Waals surface area contributed by atoms with Crippen LogP contribution in [0.2, 0.25) is 0 Å². The second-order valence-corrected chi connectivity index (χ2v) is 7.44. The van der Waals surface area contributed by atoms with Crippen LogP contribution in [0.25, 0.3) is 0 Å². The molecule has 6 nitrogen and oxygen atoms in total.